The maximum Gasteiger partial charge on any atom is 0.156 e. The molecule has 0 amide bonds. The van der Waals surface area contributed by atoms with Gasteiger partial charge >= 0.3 is 0 Å². The second-order valence-corrected chi connectivity index (χ2v) is 4.64. The van der Waals surface area contributed by atoms with Crippen LogP contribution >= 0.6 is 11.6 Å². The van der Waals surface area contributed by atoms with E-state index in [-0.39, 0.29) is 0 Å². The molecule has 0 atom stereocenters. The van der Waals surface area contributed by atoms with E-state index in [2.05, 4.69) is 10.1 Å². The van der Waals surface area contributed by atoms with Crippen LogP contribution in [0.3, 0.4) is 0 Å². The van der Waals surface area contributed by atoms with Crippen molar-refractivity contribution in [2.24, 2.45) is 0 Å². The van der Waals surface area contributed by atoms with E-state index >= 15 is 0 Å². The van der Waals surface area contributed by atoms with Gasteiger partial charge in [0, 0.05) is 12.6 Å². The molecule has 0 fully saturated rings. The van der Waals surface area contributed by atoms with Gasteiger partial charge in [-0.1, -0.05) is 23.7 Å². The summed E-state index contributed by atoms with van der Waals surface area (Å²) in [5.41, 5.74) is 1.91. The Hall–Kier alpha value is -2.07. The van der Waals surface area contributed by atoms with Crippen LogP contribution in [0.1, 0.15) is 11.4 Å². The molecule has 0 unspecified atom stereocenters. The molecule has 0 spiro atoms. The molecule has 0 N–H and O–H groups in total. The van der Waals surface area contributed by atoms with Crippen LogP contribution in [-0.4, -0.2) is 21.7 Å². The van der Waals surface area contributed by atoms with Crippen LogP contribution in [0.15, 0.2) is 42.6 Å². The minimum absolute atomic E-state index is 0.644. The molecule has 0 aliphatic rings. The molecule has 4 nitrogen and oxygen atoms in total. The Kier molecular flexibility index (Phi) is 3.09. The van der Waals surface area contributed by atoms with E-state index in [1.54, 1.807) is 23.9 Å². The molecular formula is C14H12ClN3O. The van der Waals surface area contributed by atoms with Crippen LogP contribution in [0.2, 0.25) is 5.02 Å². The van der Waals surface area contributed by atoms with E-state index in [4.69, 9.17) is 16.3 Å². The Labute approximate surface area is 115 Å². The number of benzene rings is 1. The minimum atomic E-state index is 0.644. The lowest BCUT2D eigenvalue weighted by Crippen LogP contribution is -1.93. The van der Waals surface area contributed by atoms with Gasteiger partial charge in [0.15, 0.2) is 11.5 Å². The van der Waals surface area contributed by atoms with Gasteiger partial charge in [-0.3, -0.25) is 0 Å². The Morgan fingerprint density at radius 2 is 2.16 bits per heavy atom. The lowest BCUT2D eigenvalue weighted by molar-refractivity contribution is 0.414. The molecule has 2 heterocycles. The van der Waals surface area contributed by atoms with Gasteiger partial charge in [-0.25, -0.2) is 9.50 Å². The molecule has 5 heteroatoms. The first-order valence-corrected chi connectivity index (χ1v) is 6.26. The highest BCUT2D eigenvalue weighted by molar-refractivity contribution is 6.30. The predicted molar refractivity (Wildman–Crippen MR) is 73.8 cm³/mol. The molecule has 0 bridgehead atoms. The minimum Gasteiger partial charge on any atom is -0.497 e. The Bertz CT molecular complexity index is 724. The molecule has 0 saturated carbocycles. The molecule has 96 valence electrons. The number of nitrogens with zero attached hydrogens (tertiary/aromatic N) is 3. The summed E-state index contributed by atoms with van der Waals surface area (Å²) in [5, 5.41) is 5.05. The first-order valence-electron chi connectivity index (χ1n) is 5.88. The van der Waals surface area contributed by atoms with E-state index in [0.717, 1.165) is 22.8 Å². The van der Waals surface area contributed by atoms with Crippen molar-refractivity contribution >= 4 is 17.2 Å². The Balaban J connectivity index is 1.92. The van der Waals surface area contributed by atoms with Crippen molar-refractivity contribution in [2.45, 2.75) is 6.42 Å². The first kappa shape index (κ1) is 12.0. The average Bonchev–Trinajstić information content (AvgIpc) is 2.80. The zero-order valence-corrected chi connectivity index (χ0v) is 11.1. The van der Waals surface area contributed by atoms with Crippen molar-refractivity contribution in [3.05, 3.63) is 59.0 Å². The largest absolute Gasteiger partial charge is 0.497 e. The molecule has 2 aromatic heterocycles. The van der Waals surface area contributed by atoms with E-state index in [0.29, 0.717) is 11.4 Å². The highest BCUT2D eigenvalue weighted by Crippen LogP contribution is 2.16. The average molecular weight is 274 g/mol. The zero-order chi connectivity index (χ0) is 13.2. The van der Waals surface area contributed by atoms with Crippen molar-refractivity contribution in [3.63, 3.8) is 0 Å². The molecule has 0 radical (unpaired) electrons. The number of hydrogen-bond donors (Lipinski definition) is 0. The molecular weight excluding hydrogens is 262 g/mol. The summed E-state index contributed by atoms with van der Waals surface area (Å²) in [4.78, 5) is 4.46. The fourth-order valence-corrected chi connectivity index (χ4v) is 2.10. The van der Waals surface area contributed by atoms with Crippen LogP contribution in [0.4, 0.5) is 0 Å². The lowest BCUT2D eigenvalue weighted by atomic mass is 10.1. The molecule has 1 aromatic carbocycles. The molecule has 0 aliphatic heterocycles. The van der Waals surface area contributed by atoms with Gasteiger partial charge in [0.2, 0.25) is 0 Å². The molecule has 0 aliphatic carbocycles. The topological polar surface area (TPSA) is 39.4 Å². The number of methoxy groups -OCH3 is 1. The Morgan fingerprint density at radius 1 is 1.26 bits per heavy atom. The van der Waals surface area contributed by atoms with Crippen LogP contribution in [-0.2, 0) is 6.42 Å². The monoisotopic (exact) mass is 273 g/mol. The second-order valence-electron chi connectivity index (χ2n) is 4.21. The van der Waals surface area contributed by atoms with E-state index in [9.17, 15) is 0 Å². The van der Waals surface area contributed by atoms with Crippen molar-refractivity contribution in [1.29, 1.82) is 0 Å². The zero-order valence-electron chi connectivity index (χ0n) is 10.4. The molecule has 19 heavy (non-hydrogen) atoms. The fraction of sp³-hybridized carbons (Fsp3) is 0.143. The van der Waals surface area contributed by atoms with Gasteiger partial charge in [0.1, 0.15) is 5.75 Å². The second kappa shape index (κ2) is 4.90. The number of rotatable bonds is 3. The smallest absolute Gasteiger partial charge is 0.156 e. The van der Waals surface area contributed by atoms with Gasteiger partial charge in [0.05, 0.1) is 12.1 Å². The summed E-state index contributed by atoms with van der Waals surface area (Å²) < 4.78 is 6.90. The maximum absolute atomic E-state index is 5.92. The summed E-state index contributed by atoms with van der Waals surface area (Å²) in [6.07, 6.45) is 2.41. The number of pyridine rings is 1. The number of ether oxygens (including phenoxy) is 1. The number of halogens is 1. The molecule has 3 aromatic rings. The number of aromatic nitrogens is 3. The van der Waals surface area contributed by atoms with Gasteiger partial charge in [-0.2, -0.15) is 5.10 Å². The van der Waals surface area contributed by atoms with Gasteiger partial charge in [-0.15, -0.1) is 0 Å². The van der Waals surface area contributed by atoms with Gasteiger partial charge in [0.25, 0.3) is 0 Å². The molecule has 3 rings (SSSR count). The van der Waals surface area contributed by atoms with Crippen molar-refractivity contribution in [2.75, 3.05) is 7.11 Å². The highest BCUT2D eigenvalue weighted by Gasteiger charge is 2.05. The normalized spacial score (nSPS) is 10.8. The van der Waals surface area contributed by atoms with Crippen molar-refractivity contribution < 1.29 is 4.74 Å². The summed E-state index contributed by atoms with van der Waals surface area (Å²) in [6, 6.07) is 11.5. The number of fused-ring (bicyclic) bond motifs is 1. The van der Waals surface area contributed by atoms with Crippen LogP contribution < -0.4 is 4.74 Å². The standard InChI is InChI=1S/C14H12ClN3O/c1-19-12-4-2-3-10(7-12)8-13-16-14-6-5-11(15)9-18(14)17-13/h2-7,9H,8H2,1H3. The van der Waals surface area contributed by atoms with Crippen LogP contribution in [0, 0.1) is 0 Å². The quantitative estimate of drug-likeness (QED) is 0.736. The lowest BCUT2D eigenvalue weighted by Gasteiger charge is -2.01. The highest BCUT2D eigenvalue weighted by atomic mass is 35.5. The predicted octanol–water partition coefficient (Wildman–Crippen LogP) is 2.98. The maximum atomic E-state index is 5.92. The van der Waals surface area contributed by atoms with Crippen LogP contribution in [0.25, 0.3) is 5.65 Å². The van der Waals surface area contributed by atoms with Gasteiger partial charge in [-0.05, 0) is 29.8 Å². The third-order valence-electron chi connectivity index (χ3n) is 2.84. The van der Waals surface area contributed by atoms with E-state index in [1.165, 1.54) is 0 Å². The Morgan fingerprint density at radius 3 is 3.00 bits per heavy atom. The first-order chi connectivity index (χ1) is 9.24. The third-order valence-corrected chi connectivity index (χ3v) is 3.06. The third kappa shape index (κ3) is 2.53. The number of hydrogen-bond acceptors (Lipinski definition) is 3. The summed E-state index contributed by atoms with van der Waals surface area (Å²) in [7, 11) is 1.66. The van der Waals surface area contributed by atoms with Gasteiger partial charge < -0.3 is 4.74 Å². The van der Waals surface area contributed by atoms with E-state index in [1.807, 2.05) is 30.3 Å². The fourth-order valence-electron chi connectivity index (χ4n) is 1.94. The van der Waals surface area contributed by atoms with Crippen LogP contribution in [0.5, 0.6) is 5.75 Å². The summed E-state index contributed by atoms with van der Waals surface area (Å²) in [5.74, 6) is 1.60. The SMILES string of the molecule is COc1cccc(Cc2nc3ccc(Cl)cn3n2)c1. The summed E-state index contributed by atoms with van der Waals surface area (Å²) in [6.45, 7) is 0. The summed E-state index contributed by atoms with van der Waals surface area (Å²) >= 11 is 5.92. The van der Waals surface area contributed by atoms with Crippen molar-refractivity contribution in [1.82, 2.24) is 14.6 Å². The van der Waals surface area contributed by atoms with E-state index < -0.39 is 0 Å². The molecule has 0 saturated heterocycles. The van der Waals surface area contributed by atoms with Crippen molar-refractivity contribution in [3.8, 4) is 5.75 Å².